The molecule has 20 heavy (non-hydrogen) atoms. The first-order valence-electron chi connectivity index (χ1n) is 6.53. The van der Waals surface area contributed by atoms with Crippen LogP contribution in [-0.2, 0) is 12.8 Å². The Labute approximate surface area is 118 Å². The van der Waals surface area contributed by atoms with Gasteiger partial charge < -0.3 is 9.26 Å². The number of nitrogens with zero attached hydrogens (tertiary/aromatic N) is 3. The van der Waals surface area contributed by atoms with Gasteiger partial charge in [0.2, 0.25) is 5.89 Å². The minimum atomic E-state index is 0.222. The quantitative estimate of drug-likeness (QED) is 0.807. The second kappa shape index (κ2) is 6.71. The lowest BCUT2D eigenvalue weighted by molar-refractivity contribution is 0.355. The van der Waals surface area contributed by atoms with Gasteiger partial charge in [-0.05, 0) is 12.0 Å². The molecule has 1 heterocycles. The highest BCUT2D eigenvalue weighted by Crippen LogP contribution is 2.20. The van der Waals surface area contributed by atoms with Crippen LogP contribution in [0, 0.1) is 17.2 Å². The molecule has 1 atom stereocenters. The van der Waals surface area contributed by atoms with Gasteiger partial charge in [-0.15, -0.1) is 0 Å². The number of aromatic nitrogens is 2. The summed E-state index contributed by atoms with van der Waals surface area (Å²) in [6.45, 7) is 1.99. The van der Waals surface area contributed by atoms with Crippen LogP contribution < -0.4 is 4.74 Å². The Bertz CT molecular complexity index is 601. The van der Waals surface area contributed by atoms with E-state index in [4.69, 9.17) is 14.5 Å². The molecular formula is C15H17N3O2. The Morgan fingerprint density at radius 1 is 1.40 bits per heavy atom. The molecule has 0 N–H and O–H groups in total. The SMILES string of the molecule is COc1ccccc1Cc1noc(CC(C)CC#N)n1. The Morgan fingerprint density at radius 2 is 2.20 bits per heavy atom. The predicted molar refractivity (Wildman–Crippen MR) is 73.2 cm³/mol. The molecule has 5 heteroatoms. The first-order valence-corrected chi connectivity index (χ1v) is 6.53. The second-order valence-electron chi connectivity index (χ2n) is 4.76. The zero-order valence-corrected chi connectivity index (χ0v) is 11.7. The van der Waals surface area contributed by atoms with Crippen molar-refractivity contribution in [3.05, 3.63) is 41.5 Å². The van der Waals surface area contributed by atoms with Gasteiger partial charge >= 0.3 is 0 Å². The fraction of sp³-hybridized carbons (Fsp3) is 0.400. The molecular weight excluding hydrogens is 254 g/mol. The molecule has 0 spiro atoms. The van der Waals surface area contributed by atoms with Crippen LogP contribution in [0.4, 0.5) is 0 Å². The molecule has 0 aliphatic rings. The lowest BCUT2D eigenvalue weighted by atomic mass is 10.1. The van der Waals surface area contributed by atoms with Gasteiger partial charge in [0.1, 0.15) is 5.75 Å². The largest absolute Gasteiger partial charge is 0.496 e. The fourth-order valence-electron chi connectivity index (χ4n) is 1.99. The van der Waals surface area contributed by atoms with E-state index in [1.807, 2.05) is 31.2 Å². The van der Waals surface area contributed by atoms with Crippen LogP contribution in [0.25, 0.3) is 0 Å². The van der Waals surface area contributed by atoms with Crippen molar-refractivity contribution in [2.24, 2.45) is 5.92 Å². The summed E-state index contributed by atoms with van der Waals surface area (Å²) >= 11 is 0. The lowest BCUT2D eigenvalue weighted by Gasteiger charge is -2.05. The highest BCUT2D eigenvalue weighted by Gasteiger charge is 2.12. The first-order chi connectivity index (χ1) is 9.72. The molecule has 0 saturated heterocycles. The molecule has 1 aromatic carbocycles. The van der Waals surface area contributed by atoms with Crippen molar-refractivity contribution in [2.45, 2.75) is 26.2 Å². The van der Waals surface area contributed by atoms with Crippen molar-refractivity contribution in [1.29, 1.82) is 5.26 Å². The smallest absolute Gasteiger partial charge is 0.226 e. The molecule has 1 unspecified atom stereocenters. The van der Waals surface area contributed by atoms with Crippen LogP contribution in [0.3, 0.4) is 0 Å². The summed E-state index contributed by atoms with van der Waals surface area (Å²) in [5, 5.41) is 12.6. The zero-order chi connectivity index (χ0) is 14.4. The van der Waals surface area contributed by atoms with Gasteiger partial charge in [-0.3, -0.25) is 0 Å². The standard InChI is InChI=1S/C15H17N3O2/c1-11(7-8-16)9-15-17-14(18-20-15)10-12-5-3-4-6-13(12)19-2/h3-6,11H,7,9-10H2,1-2H3. The minimum Gasteiger partial charge on any atom is -0.496 e. The van der Waals surface area contributed by atoms with E-state index in [-0.39, 0.29) is 5.92 Å². The van der Waals surface area contributed by atoms with Gasteiger partial charge in [0.15, 0.2) is 5.82 Å². The van der Waals surface area contributed by atoms with Crippen molar-refractivity contribution in [3.8, 4) is 11.8 Å². The van der Waals surface area contributed by atoms with Crippen molar-refractivity contribution in [2.75, 3.05) is 7.11 Å². The van der Waals surface area contributed by atoms with Crippen molar-refractivity contribution in [1.82, 2.24) is 10.1 Å². The molecule has 5 nitrogen and oxygen atoms in total. The molecule has 0 bridgehead atoms. The molecule has 2 aromatic rings. The maximum atomic E-state index is 8.64. The van der Waals surface area contributed by atoms with Crippen molar-refractivity contribution >= 4 is 0 Å². The normalized spacial score (nSPS) is 11.8. The molecule has 0 radical (unpaired) electrons. The number of rotatable bonds is 6. The maximum absolute atomic E-state index is 8.64. The summed E-state index contributed by atoms with van der Waals surface area (Å²) < 4.78 is 10.5. The van der Waals surface area contributed by atoms with Gasteiger partial charge in [0.25, 0.3) is 0 Å². The average Bonchev–Trinajstić information content (AvgIpc) is 2.87. The third-order valence-electron chi connectivity index (χ3n) is 3.01. The van der Waals surface area contributed by atoms with E-state index in [1.54, 1.807) is 7.11 Å². The molecule has 0 amide bonds. The Kier molecular flexibility index (Phi) is 4.72. The summed E-state index contributed by atoms with van der Waals surface area (Å²) in [5.41, 5.74) is 1.02. The van der Waals surface area contributed by atoms with E-state index < -0.39 is 0 Å². The summed E-state index contributed by atoms with van der Waals surface area (Å²) in [5.74, 6) is 2.25. The number of hydrogen-bond donors (Lipinski definition) is 0. The monoisotopic (exact) mass is 271 g/mol. The minimum absolute atomic E-state index is 0.222. The maximum Gasteiger partial charge on any atom is 0.226 e. The lowest BCUT2D eigenvalue weighted by Crippen LogP contribution is -1.99. The molecule has 0 fully saturated rings. The average molecular weight is 271 g/mol. The van der Waals surface area contributed by atoms with Crippen LogP contribution in [0.15, 0.2) is 28.8 Å². The molecule has 1 aromatic heterocycles. The van der Waals surface area contributed by atoms with Gasteiger partial charge in [0, 0.05) is 24.8 Å². The van der Waals surface area contributed by atoms with E-state index in [0.717, 1.165) is 11.3 Å². The summed E-state index contributed by atoms with van der Waals surface area (Å²) in [6, 6.07) is 9.91. The Balaban J connectivity index is 2.04. The molecule has 0 saturated carbocycles. The zero-order valence-electron chi connectivity index (χ0n) is 11.7. The van der Waals surface area contributed by atoms with Gasteiger partial charge in [-0.2, -0.15) is 10.2 Å². The van der Waals surface area contributed by atoms with Crippen LogP contribution >= 0.6 is 0 Å². The number of benzene rings is 1. The van der Waals surface area contributed by atoms with Gasteiger partial charge in [-0.25, -0.2) is 0 Å². The van der Waals surface area contributed by atoms with Gasteiger partial charge in [-0.1, -0.05) is 30.3 Å². The number of hydrogen-bond acceptors (Lipinski definition) is 5. The third-order valence-corrected chi connectivity index (χ3v) is 3.01. The van der Waals surface area contributed by atoms with E-state index >= 15 is 0 Å². The fourth-order valence-corrected chi connectivity index (χ4v) is 1.99. The van der Waals surface area contributed by atoms with Crippen LogP contribution in [0.5, 0.6) is 5.75 Å². The third kappa shape index (κ3) is 3.58. The molecule has 0 aliphatic heterocycles. The summed E-state index contributed by atoms with van der Waals surface area (Å²) in [6.07, 6.45) is 1.69. The van der Waals surface area contributed by atoms with E-state index in [1.165, 1.54) is 0 Å². The molecule has 2 rings (SSSR count). The molecule has 0 aliphatic carbocycles. The molecule has 104 valence electrons. The van der Waals surface area contributed by atoms with Crippen LogP contribution in [-0.4, -0.2) is 17.3 Å². The first kappa shape index (κ1) is 14.1. The Morgan fingerprint density at radius 3 is 2.95 bits per heavy atom. The van der Waals surface area contributed by atoms with Gasteiger partial charge in [0.05, 0.1) is 13.2 Å². The van der Waals surface area contributed by atoms with E-state index in [9.17, 15) is 0 Å². The highest BCUT2D eigenvalue weighted by atomic mass is 16.5. The Hall–Kier alpha value is -2.35. The number of para-hydroxylation sites is 1. The van der Waals surface area contributed by atoms with Crippen LogP contribution in [0.1, 0.15) is 30.6 Å². The van der Waals surface area contributed by atoms with Crippen molar-refractivity contribution < 1.29 is 9.26 Å². The van der Waals surface area contributed by atoms with E-state index in [0.29, 0.717) is 31.0 Å². The van der Waals surface area contributed by atoms with E-state index in [2.05, 4.69) is 16.2 Å². The topological polar surface area (TPSA) is 71.9 Å². The highest BCUT2D eigenvalue weighted by molar-refractivity contribution is 5.35. The van der Waals surface area contributed by atoms with Crippen LogP contribution in [0.2, 0.25) is 0 Å². The summed E-state index contributed by atoms with van der Waals surface area (Å²) in [7, 11) is 1.64. The number of methoxy groups -OCH3 is 1. The summed E-state index contributed by atoms with van der Waals surface area (Å²) in [4.78, 5) is 4.36. The number of ether oxygens (including phenoxy) is 1. The second-order valence-corrected chi connectivity index (χ2v) is 4.76. The van der Waals surface area contributed by atoms with Crippen molar-refractivity contribution in [3.63, 3.8) is 0 Å². The predicted octanol–water partition coefficient (Wildman–Crippen LogP) is 2.76. The number of nitriles is 1.